The Morgan fingerprint density at radius 2 is 1.67 bits per heavy atom. The third-order valence-electron chi connectivity index (χ3n) is 3.43. The lowest BCUT2D eigenvalue weighted by Crippen LogP contribution is -2.15. The SMILES string of the molecule is CC(=O)c1ccc(NCC(=O)c2ccc(C)cc2C)cc1. The molecule has 2 aromatic carbocycles. The first kappa shape index (κ1) is 15.0. The molecule has 3 nitrogen and oxygen atoms in total. The first-order chi connectivity index (χ1) is 9.97. The maximum atomic E-state index is 12.2. The van der Waals surface area contributed by atoms with Crippen molar-refractivity contribution in [2.24, 2.45) is 0 Å². The van der Waals surface area contributed by atoms with Crippen LogP contribution in [0.2, 0.25) is 0 Å². The first-order valence-electron chi connectivity index (χ1n) is 6.92. The van der Waals surface area contributed by atoms with Gasteiger partial charge in [0.2, 0.25) is 0 Å². The molecule has 0 bridgehead atoms. The monoisotopic (exact) mass is 281 g/mol. The number of ketones is 2. The number of carbonyl (C=O) groups excluding carboxylic acids is 2. The van der Waals surface area contributed by atoms with Crippen LogP contribution in [-0.4, -0.2) is 18.1 Å². The molecule has 1 N–H and O–H groups in total. The summed E-state index contributed by atoms with van der Waals surface area (Å²) < 4.78 is 0. The minimum absolute atomic E-state index is 0.0351. The molecule has 0 aliphatic carbocycles. The molecule has 0 atom stereocenters. The molecule has 0 saturated heterocycles. The topological polar surface area (TPSA) is 46.2 Å². The fourth-order valence-electron chi connectivity index (χ4n) is 2.23. The zero-order valence-electron chi connectivity index (χ0n) is 12.6. The van der Waals surface area contributed by atoms with E-state index in [1.165, 1.54) is 6.92 Å². The van der Waals surface area contributed by atoms with Gasteiger partial charge in [-0.1, -0.05) is 23.8 Å². The van der Waals surface area contributed by atoms with E-state index in [2.05, 4.69) is 5.32 Å². The number of hydrogen-bond acceptors (Lipinski definition) is 3. The predicted molar refractivity (Wildman–Crippen MR) is 85.2 cm³/mol. The van der Waals surface area contributed by atoms with Crippen LogP contribution in [0.1, 0.15) is 38.8 Å². The van der Waals surface area contributed by atoms with Crippen molar-refractivity contribution in [1.82, 2.24) is 0 Å². The van der Waals surface area contributed by atoms with Crippen LogP contribution in [0.4, 0.5) is 5.69 Å². The van der Waals surface area contributed by atoms with E-state index in [0.29, 0.717) is 5.56 Å². The predicted octanol–water partition coefficient (Wildman–Crippen LogP) is 3.80. The van der Waals surface area contributed by atoms with Crippen LogP contribution in [0, 0.1) is 13.8 Å². The largest absolute Gasteiger partial charge is 0.378 e. The summed E-state index contributed by atoms with van der Waals surface area (Å²) in [6.45, 7) is 5.73. The van der Waals surface area contributed by atoms with Crippen molar-refractivity contribution in [3.05, 3.63) is 64.7 Å². The molecule has 0 aliphatic heterocycles. The van der Waals surface area contributed by atoms with Crippen molar-refractivity contribution >= 4 is 17.3 Å². The lowest BCUT2D eigenvalue weighted by Gasteiger charge is -2.09. The number of Topliss-reactive ketones (excluding diaryl/α,β-unsaturated/α-hetero) is 2. The third kappa shape index (κ3) is 3.78. The summed E-state index contributed by atoms with van der Waals surface area (Å²) in [5.41, 5.74) is 4.39. The zero-order valence-corrected chi connectivity index (χ0v) is 12.6. The highest BCUT2D eigenvalue weighted by molar-refractivity contribution is 6.00. The normalized spacial score (nSPS) is 10.2. The highest BCUT2D eigenvalue weighted by Gasteiger charge is 2.09. The number of rotatable bonds is 5. The molecule has 21 heavy (non-hydrogen) atoms. The van der Waals surface area contributed by atoms with Gasteiger partial charge in [0.25, 0.3) is 0 Å². The zero-order chi connectivity index (χ0) is 15.4. The number of anilines is 1. The van der Waals surface area contributed by atoms with Gasteiger partial charge in [-0.15, -0.1) is 0 Å². The van der Waals surface area contributed by atoms with Gasteiger partial charge in [-0.25, -0.2) is 0 Å². The molecule has 3 heteroatoms. The van der Waals surface area contributed by atoms with Gasteiger partial charge in [-0.05, 0) is 50.6 Å². The van der Waals surface area contributed by atoms with Crippen LogP contribution in [0.3, 0.4) is 0 Å². The second kappa shape index (κ2) is 6.35. The van der Waals surface area contributed by atoms with E-state index < -0.39 is 0 Å². The Labute approximate surface area is 125 Å². The Morgan fingerprint density at radius 3 is 2.24 bits per heavy atom. The molecule has 0 saturated carbocycles. The quantitative estimate of drug-likeness (QED) is 0.848. The van der Waals surface area contributed by atoms with Crippen molar-refractivity contribution in [2.45, 2.75) is 20.8 Å². The van der Waals surface area contributed by atoms with Crippen molar-refractivity contribution < 1.29 is 9.59 Å². The lowest BCUT2D eigenvalue weighted by atomic mass is 10.0. The Morgan fingerprint density at radius 1 is 1.00 bits per heavy atom. The summed E-state index contributed by atoms with van der Waals surface area (Å²) in [6.07, 6.45) is 0. The molecule has 108 valence electrons. The van der Waals surface area contributed by atoms with Crippen LogP contribution < -0.4 is 5.32 Å². The Bertz CT molecular complexity index is 672. The van der Waals surface area contributed by atoms with E-state index in [0.717, 1.165) is 22.4 Å². The Hall–Kier alpha value is -2.42. The molecule has 0 spiro atoms. The maximum Gasteiger partial charge on any atom is 0.182 e. The van der Waals surface area contributed by atoms with E-state index in [9.17, 15) is 9.59 Å². The molecule has 2 rings (SSSR count). The minimum Gasteiger partial charge on any atom is -0.378 e. The summed E-state index contributed by atoms with van der Waals surface area (Å²) in [7, 11) is 0. The molecule has 0 unspecified atom stereocenters. The molecule has 2 aromatic rings. The van der Waals surface area contributed by atoms with E-state index in [1.54, 1.807) is 12.1 Å². The van der Waals surface area contributed by atoms with E-state index in [-0.39, 0.29) is 18.1 Å². The number of aryl methyl sites for hydroxylation is 2. The number of nitrogens with one attached hydrogen (secondary N) is 1. The van der Waals surface area contributed by atoms with Gasteiger partial charge in [0.05, 0.1) is 6.54 Å². The van der Waals surface area contributed by atoms with Gasteiger partial charge in [-0.2, -0.15) is 0 Å². The van der Waals surface area contributed by atoms with Gasteiger partial charge in [0.1, 0.15) is 0 Å². The van der Waals surface area contributed by atoms with Gasteiger partial charge in [0, 0.05) is 16.8 Å². The lowest BCUT2D eigenvalue weighted by molar-refractivity contribution is 0.1000. The number of carbonyl (C=O) groups is 2. The maximum absolute atomic E-state index is 12.2. The summed E-state index contributed by atoms with van der Waals surface area (Å²) in [6, 6.07) is 13.0. The van der Waals surface area contributed by atoms with Gasteiger partial charge in [0.15, 0.2) is 11.6 Å². The molecule has 0 radical (unpaired) electrons. The Kier molecular flexibility index (Phi) is 4.53. The Balaban J connectivity index is 2.02. The van der Waals surface area contributed by atoms with E-state index in [1.807, 2.05) is 44.2 Å². The molecule has 0 aromatic heterocycles. The van der Waals surface area contributed by atoms with Crippen molar-refractivity contribution in [1.29, 1.82) is 0 Å². The molecular formula is C18H19NO2. The van der Waals surface area contributed by atoms with Crippen LogP contribution in [0.25, 0.3) is 0 Å². The van der Waals surface area contributed by atoms with Crippen LogP contribution in [0.15, 0.2) is 42.5 Å². The molecule has 0 heterocycles. The summed E-state index contributed by atoms with van der Waals surface area (Å²) in [5.74, 6) is 0.0936. The number of benzene rings is 2. The van der Waals surface area contributed by atoms with Crippen molar-refractivity contribution in [3.8, 4) is 0 Å². The number of hydrogen-bond donors (Lipinski definition) is 1. The molecule has 0 fully saturated rings. The van der Waals surface area contributed by atoms with Crippen molar-refractivity contribution in [3.63, 3.8) is 0 Å². The van der Waals surface area contributed by atoms with Gasteiger partial charge < -0.3 is 5.32 Å². The smallest absolute Gasteiger partial charge is 0.182 e. The standard InChI is InChI=1S/C18H19NO2/c1-12-4-9-17(13(2)10-12)18(21)11-19-16-7-5-15(6-8-16)14(3)20/h4-10,19H,11H2,1-3H3. The minimum atomic E-state index is 0.0351. The van der Waals surface area contributed by atoms with Gasteiger partial charge in [-0.3, -0.25) is 9.59 Å². The van der Waals surface area contributed by atoms with E-state index >= 15 is 0 Å². The average molecular weight is 281 g/mol. The fourth-order valence-corrected chi connectivity index (χ4v) is 2.23. The van der Waals surface area contributed by atoms with Gasteiger partial charge >= 0.3 is 0 Å². The average Bonchev–Trinajstić information content (AvgIpc) is 2.45. The second-order valence-corrected chi connectivity index (χ2v) is 5.23. The summed E-state index contributed by atoms with van der Waals surface area (Å²) in [5, 5.41) is 3.09. The summed E-state index contributed by atoms with van der Waals surface area (Å²) in [4.78, 5) is 23.4. The molecule has 0 amide bonds. The van der Waals surface area contributed by atoms with Crippen LogP contribution in [-0.2, 0) is 0 Å². The van der Waals surface area contributed by atoms with Crippen LogP contribution >= 0.6 is 0 Å². The molecular weight excluding hydrogens is 262 g/mol. The summed E-state index contributed by atoms with van der Waals surface area (Å²) >= 11 is 0. The van der Waals surface area contributed by atoms with Crippen LogP contribution in [0.5, 0.6) is 0 Å². The fraction of sp³-hybridized carbons (Fsp3) is 0.222. The third-order valence-corrected chi connectivity index (χ3v) is 3.43. The highest BCUT2D eigenvalue weighted by Crippen LogP contribution is 2.13. The first-order valence-corrected chi connectivity index (χ1v) is 6.92. The molecule has 0 aliphatic rings. The van der Waals surface area contributed by atoms with E-state index in [4.69, 9.17) is 0 Å². The highest BCUT2D eigenvalue weighted by atomic mass is 16.1. The van der Waals surface area contributed by atoms with Crippen molar-refractivity contribution in [2.75, 3.05) is 11.9 Å². The second-order valence-electron chi connectivity index (χ2n) is 5.23.